The Morgan fingerprint density at radius 2 is 1.90 bits per heavy atom. The van der Waals surface area contributed by atoms with E-state index in [1.165, 1.54) is 0 Å². The Labute approximate surface area is 120 Å². The highest BCUT2D eigenvalue weighted by molar-refractivity contribution is 6.74. The minimum atomic E-state index is -1.99. The van der Waals surface area contributed by atoms with Crippen LogP contribution in [0.1, 0.15) is 27.7 Å². The second-order valence-corrected chi connectivity index (χ2v) is 11.5. The monoisotopic (exact) mass is 301 g/mol. The second kappa shape index (κ2) is 5.29. The molecule has 6 nitrogen and oxygen atoms in total. The van der Waals surface area contributed by atoms with Crippen LogP contribution in [0.4, 0.5) is 0 Å². The van der Waals surface area contributed by atoms with Crippen LogP contribution in [-0.2, 0) is 18.8 Å². The van der Waals surface area contributed by atoms with E-state index in [-0.39, 0.29) is 17.7 Å². The summed E-state index contributed by atoms with van der Waals surface area (Å²) in [6, 6.07) is 0. The normalized spacial score (nSPS) is 21.4. The zero-order chi connectivity index (χ0) is 15.9. The molecule has 114 valence electrons. The van der Waals surface area contributed by atoms with E-state index in [0.29, 0.717) is 0 Å². The molecule has 0 radical (unpaired) electrons. The number of carbonyl (C=O) groups is 3. The summed E-state index contributed by atoms with van der Waals surface area (Å²) < 4.78 is 6.10. The fourth-order valence-corrected chi connectivity index (χ4v) is 3.27. The number of hydrogen-bond acceptors (Lipinski definition) is 4. The van der Waals surface area contributed by atoms with Gasteiger partial charge < -0.3 is 9.53 Å². The molecule has 1 aliphatic rings. The number of β-lactam (4-membered cyclic amide) rings is 1. The molecule has 2 amide bonds. The number of aliphatic carboxylic acids is 1. The third-order valence-corrected chi connectivity index (χ3v) is 8.82. The molecule has 0 bridgehead atoms. The molecule has 1 fully saturated rings. The maximum atomic E-state index is 11.9. The van der Waals surface area contributed by atoms with Crippen molar-refractivity contribution in [3.05, 3.63) is 0 Å². The maximum absolute atomic E-state index is 11.9. The third kappa shape index (κ3) is 3.09. The first kappa shape index (κ1) is 16.8. The van der Waals surface area contributed by atoms with Gasteiger partial charge in [0.15, 0.2) is 8.32 Å². The Bertz CT molecular complexity index is 441. The van der Waals surface area contributed by atoms with Crippen LogP contribution in [0.25, 0.3) is 0 Å². The second-order valence-electron chi connectivity index (χ2n) is 6.75. The number of nitrogens with zero attached hydrogens (tertiary/aromatic N) is 1. The standard InChI is InChI=1S/C13H23NO5Si/c1-8(19-20(5,6)13(2,3)4)9-7-14(10(9)15)11(16)12(17)18/h8-9H,7H2,1-6H3,(H,17,18). The molecule has 1 aliphatic heterocycles. The van der Waals surface area contributed by atoms with Crippen molar-refractivity contribution in [2.75, 3.05) is 6.54 Å². The number of likely N-dealkylation sites (tertiary alicyclic amines) is 1. The highest BCUT2D eigenvalue weighted by Gasteiger charge is 2.48. The van der Waals surface area contributed by atoms with Crippen molar-refractivity contribution in [2.45, 2.75) is 51.9 Å². The number of carboxylic acid groups (broad SMARTS) is 1. The van der Waals surface area contributed by atoms with Gasteiger partial charge in [-0.1, -0.05) is 20.8 Å². The molecule has 1 N–H and O–H groups in total. The fraction of sp³-hybridized carbons (Fsp3) is 0.769. The van der Waals surface area contributed by atoms with Gasteiger partial charge >= 0.3 is 11.9 Å². The number of rotatable bonds is 3. The number of hydrogen-bond donors (Lipinski definition) is 1. The molecular weight excluding hydrogens is 278 g/mol. The van der Waals surface area contributed by atoms with Gasteiger partial charge in [-0.3, -0.25) is 14.5 Å². The van der Waals surface area contributed by atoms with E-state index < -0.39 is 32.0 Å². The van der Waals surface area contributed by atoms with E-state index in [1.807, 2.05) is 6.92 Å². The summed E-state index contributed by atoms with van der Waals surface area (Å²) >= 11 is 0. The predicted octanol–water partition coefficient (Wildman–Crippen LogP) is 1.47. The van der Waals surface area contributed by atoms with Crippen LogP contribution in [-0.4, -0.2) is 48.8 Å². The van der Waals surface area contributed by atoms with E-state index in [4.69, 9.17) is 9.53 Å². The molecule has 0 aromatic heterocycles. The molecule has 0 saturated carbocycles. The van der Waals surface area contributed by atoms with Crippen molar-refractivity contribution < 1.29 is 23.9 Å². The van der Waals surface area contributed by atoms with Gasteiger partial charge in [0.05, 0.1) is 12.0 Å². The van der Waals surface area contributed by atoms with Gasteiger partial charge in [0.25, 0.3) is 0 Å². The summed E-state index contributed by atoms with van der Waals surface area (Å²) in [5.74, 6) is -3.64. The van der Waals surface area contributed by atoms with Gasteiger partial charge in [0.1, 0.15) is 0 Å². The quantitative estimate of drug-likeness (QED) is 0.485. The van der Waals surface area contributed by atoms with E-state index in [9.17, 15) is 14.4 Å². The Morgan fingerprint density at radius 3 is 2.25 bits per heavy atom. The maximum Gasteiger partial charge on any atom is 0.395 e. The van der Waals surface area contributed by atoms with Crippen LogP contribution in [0.3, 0.4) is 0 Å². The number of carboxylic acids is 1. The molecule has 1 heterocycles. The first-order chi connectivity index (χ1) is 8.88. The topological polar surface area (TPSA) is 83.9 Å². The number of imide groups is 1. The average molecular weight is 301 g/mol. The first-order valence-electron chi connectivity index (χ1n) is 6.65. The lowest BCUT2D eigenvalue weighted by Gasteiger charge is -2.44. The molecule has 0 aromatic rings. The lowest BCUT2D eigenvalue weighted by Crippen LogP contribution is -2.62. The van der Waals surface area contributed by atoms with Crippen LogP contribution >= 0.6 is 0 Å². The van der Waals surface area contributed by atoms with Crippen molar-refractivity contribution in [2.24, 2.45) is 5.92 Å². The highest BCUT2D eigenvalue weighted by Crippen LogP contribution is 2.39. The summed E-state index contributed by atoms with van der Waals surface area (Å²) in [6.07, 6.45) is -0.304. The first-order valence-corrected chi connectivity index (χ1v) is 9.56. The number of amides is 2. The Hall–Kier alpha value is -1.21. The molecular formula is C13H23NO5Si. The largest absolute Gasteiger partial charge is 0.474 e. The molecule has 0 aromatic carbocycles. The van der Waals surface area contributed by atoms with Crippen molar-refractivity contribution >= 4 is 26.1 Å². The van der Waals surface area contributed by atoms with E-state index in [1.54, 1.807) is 0 Å². The zero-order valence-corrected chi connectivity index (χ0v) is 13.9. The van der Waals surface area contributed by atoms with Crippen molar-refractivity contribution in [3.63, 3.8) is 0 Å². The molecule has 0 spiro atoms. The van der Waals surface area contributed by atoms with E-state index >= 15 is 0 Å². The molecule has 1 saturated heterocycles. The van der Waals surface area contributed by atoms with Gasteiger partial charge in [0.2, 0.25) is 5.91 Å². The van der Waals surface area contributed by atoms with E-state index in [2.05, 4.69) is 33.9 Å². The minimum absolute atomic E-state index is 0.0324. The SMILES string of the molecule is CC(O[Si](C)(C)C(C)(C)C)C1CN(C(=O)C(=O)O)C1=O. The fourth-order valence-electron chi connectivity index (χ4n) is 1.82. The van der Waals surface area contributed by atoms with Crippen LogP contribution in [0.5, 0.6) is 0 Å². The van der Waals surface area contributed by atoms with E-state index in [0.717, 1.165) is 4.90 Å². The van der Waals surface area contributed by atoms with Gasteiger partial charge in [-0.15, -0.1) is 0 Å². The molecule has 7 heteroatoms. The molecule has 2 atom stereocenters. The number of carbonyl (C=O) groups excluding carboxylic acids is 2. The predicted molar refractivity (Wildman–Crippen MR) is 75.6 cm³/mol. The molecule has 1 rings (SSSR count). The highest BCUT2D eigenvalue weighted by atomic mass is 28.4. The summed E-state index contributed by atoms with van der Waals surface area (Å²) in [5, 5.41) is 8.62. The molecule has 0 aliphatic carbocycles. The molecule has 2 unspecified atom stereocenters. The van der Waals surface area contributed by atoms with Gasteiger partial charge in [-0.2, -0.15) is 0 Å². The summed E-state index contributed by atoms with van der Waals surface area (Å²) in [7, 11) is -1.99. The molecule has 20 heavy (non-hydrogen) atoms. The van der Waals surface area contributed by atoms with Gasteiger partial charge in [-0.25, -0.2) is 4.79 Å². The van der Waals surface area contributed by atoms with Crippen molar-refractivity contribution in [1.29, 1.82) is 0 Å². The Kier molecular flexibility index (Phi) is 4.45. The smallest absolute Gasteiger partial charge is 0.395 e. The van der Waals surface area contributed by atoms with Crippen LogP contribution < -0.4 is 0 Å². The summed E-state index contributed by atoms with van der Waals surface area (Å²) in [6.45, 7) is 12.4. The van der Waals surface area contributed by atoms with Crippen molar-refractivity contribution in [1.82, 2.24) is 4.90 Å². The lowest BCUT2D eigenvalue weighted by molar-refractivity contribution is -0.170. The van der Waals surface area contributed by atoms with Gasteiger partial charge in [-0.05, 0) is 25.1 Å². The minimum Gasteiger partial charge on any atom is -0.474 e. The zero-order valence-electron chi connectivity index (χ0n) is 12.9. The lowest BCUT2D eigenvalue weighted by atomic mass is 9.93. The Morgan fingerprint density at radius 1 is 1.40 bits per heavy atom. The summed E-state index contributed by atoms with van der Waals surface area (Å²) in [4.78, 5) is 34.4. The van der Waals surface area contributed by atoms with Crippen molar-refractivity contribution in [3.8, 4) is 0 Å². The van der Waals surface area contributed by atoms with Crippen LogP contribution in [0.15, 0.2) is 0 Å². The Balaban J connectivity index is 2.65. The summed E-state index contributed by atoms with van der Waals surface area (Å²) in [5.41, 5.74) is 0. The third-order valence-electron chi connectivity index (χ3n) is 4.24. The van der Waals surface area contributed by atoms with Crippen LogP contribution in [0, 0.1) is 5.92 Å². The average Bonchev–Trinajstić information content (AvgIpc) is 2.24. The van der Waals surface area contributed by atoms with Gasteiger partial charge in [0, 0.05) is 6.54 Å². The van der Waals surface area contributed by atoms with Crippen LogP contribution in [0.2, 0.25) is 18.1 Å².